The molecule has 1 aromatic heterocycles. The number of aryl methyl sites for hydroxylation is 1. The first-order valence-electron chi connectivity index (χ1n) is 7.12. The van der Waals surface area contributed by atoms with Gasteiger partial charge in [-0.2, -0.15) is 0 Å². The fraction of sp³-hybridized carbons (Fsp3) is 0.400. The summed E-state index contributed by atoms with van der Waals surface area (Å²) in [5.41, 5.74) is 0.828. The van der Waals surface area contributed by atoms with Crippen molar-refractivity contribution in [3.05, 3.63) is 51.8 Å². The first kappa shape index (κ1) is 18.5. The topological polar surface area (TPSA) is 33.1 Å². The predicted octanol–water partition coefficient (Wildman–Crippen LogP) is 3.43. The molecule has 1 saturated heterocycles. The molecule has 0 saturated carbocycles. The van der Waals surface area contributed by atoms with Gasteiger partial charge >= 0.3 is 0 Å². The summed E-state index contributed by atoms with van der Waals surface area (Å²) in [6.07, 6.45) is 3.73. The summed E-state index contributed by atoms with van der Waals surface area (Å²) < 4.78 is 15.5. The van der Waals surface area contributed by atoms with Crippen LogP contribution in [0.4, 0.5) is 4.39 Å². The standard InChI is InChI=1S/C15H17Cl2FN4.ClH/c1-21-6-5-20-15(21)12-8-19-4-7-22(12)9-10-2-3-11(18)14(17)13(10)16;/h2-3,5-6,12,19H,4,7-9H2,1H3;1H. The molecular weight excluding hydrogens is 362 g/mol. The van der Waals surface area contributed by atoms with E-state index in [4.69, 9.17) is 23.2 Å². The molecule has 2 heterocycles. The minimum Gasteiger partial charge on any atom is -0.337 e. The smallest absolute Gasteiger partial charge is 0.143 e. The number of halogens is 4. The van der Waals surface area contributed by atoms with E-state index >= 15 is 0 Å². The lowest BCUT2D eigenvalue weighted by Gasteiger charge is -2.36. The summed E-state index contributed by atoms with van der Waals surface area (Å²) in [7, 11) is 1.98. The SMILES string of the molecule is Cl.Cn1ccnc1C1CNCCN1Cc1ccc(F)c(Cl)c1Cl. The van der Waals surface area contributed by atoms with Gasteiger partial charge in [0.2, 0.25) is 0 Å². The molecule has 1 aliphatic rings. The molecule has 126 valence electrons. The second-order valence-electron chi connectivity index (χ2n) is 5.42. The quantitative estimate of drug-likeness (QED) is 0.829. The third-order valence-electron chi connectivity index (χ3n) is 4.00. The summed E-state index contributed by atoms with van der Waals surface area (Å²) in [6.45, 7) is 3.19. The highest BCUT2D eigenvalue weighted by atomic mass is 35.5. The van der Waals surface area contributed by atoms with E-state index in [2.05, 4.69) is 15.2 Å². The van der Waals surface area contributed by atoms with Gasteiger partial charge in [0.05, 0.1) is 16.1 Å². The van der Waals surface area contributed by atoms with E-state index < -0.39 is 5.82 Å². The zero-order valence-electron chi connectivity index (χ0n) is 12.6. The van der Waals surface area contributed by atoms with Crippen molar-refractivity contribution in [2.24, 2.45) is 7.05 Å². The van der Waals surface area contributed by atoms with Gasteiger partial charge in [-0.05, 0) is 11.6 Å². The maximum Gasteiger partial charge on any atom is 0.143 e. The van der Waals surface area contributed by atoms with Crippen LogP contribution in [0.25, 0.3) is 0 Å². The largest absolute Gasteiger partial charge is 0.337 e. The van der Waals surface area contributed by atoms with Crippen molar-refractivity contribution in [1.29, 1.82) is 0 Å². The van der Waals surface area contributed by atoms with Gasteiger partial charge in [0.25, 0.3) is 0 Å². The summed E-state index contributed by atoms with van der Waals surface area (Å²) in [6, 6.07) is 3.21. The number of rotatable bonds is 3. The summed E-state index contributed by atoms with van der Waals surface area (Å²) >= 11 is 12.1. The normalized spacial score (nSPS) is 18.7. The Morgan fingerprint density at radius 1 is 1.35 bits per heavy atom. The van der Waals surface area contributed by atoms with Crippen molar-refractivity contribution in [1.82, 2.24) is 19.8 Å². The van der Waals surface area contributed by atoms with Crippen molar-refractivity contribution in [2.75, 3.05) is 19.6 Å². The third kappa shape index (κ3) is 3.80. The maximum atomic E-state index is 13.4. The van der Waals surface area contributed by atoms with E-state index in [1.54, 1.807) is 12.3 Å². The van der Waals surface area contributed by atoms with E-state index in [1.165, 1.54) is 6.07 Å². The molecule has 8 heteroatoms. The van der Waals surface area contributed by atoms with Crippen LogP contribution in [0, 0.1) is 5.82 Å². The molecule has 0 spiro atoms. The van der Waals surface area contributed by atoms with E-state index in [0.29, 0.717) is 11.6 Å². The van der Waals surface area contributed by atoms with Crippen molar-refractivity contribution in [3.63, 3.8) is 0 Å². The van der Waals surface area contributed by atoms with Gasteiger partial charge in [-0.1, -0.05) is 29.3 Å². The van der Waals surface area contributed by atoms with Crippen molar-refractivity contribution < 1.29 is 4.39 Å². The highest BCUT2D eigenvalue weighted by Crippen LogP contribution is 2.31. The molecule has 0 aliphatic carbocycles. The molecule has 1 aromatic carbocycles. The van der Waals surface area contributed by atoms with Crippen LogP contribution in [0.15, 0.2) is 24.5 Å². The number of nitrogens with one attached hydrogen (secondary N) is 1. The lowest BCUT2D eigenvalue weighted by atomic mass is 10.1. The first-order chi connectivity index (χ1) is 10.6. The summed E-state index contributed by atoms with van der Waals surface area (Å²) in [5, 5.41) is 3.67. The Morgan fingerprint density at radius 3 is 2.83 bits per heavy atom. The molecule has 4 nitrogen and oxygen atoms in total. The zero-order valence-corrected chi connectivity index (χ0v) is 14.9. The Bertz CT molecular complexity index is 677. The molecule has 0 radical (unpaired) electrons. The Hall–Kier alpha value is -0.850. The highest BCUT2D eigenvalue weighted by molar-refractivity contribution is 6.42. The van der Waals surface area contributed by atoms with Crippen LogP contribution >= 0.6 is 35.6 Å². The molecular formula is C15H18Cl3FN4. The Labute approximate surface area is 151 Å². The Balaban J connectivity index is 0.00000192. The second-order valence-corrected chi connectivity index (χ2v) is 6.18. The lowest BCUT2D eigenvalue weighted by molar-refractivity contribution is 0.145. The van der Waals surface area contributed by atoms with E-state index in [-0.39, 0.29) is 23.5 Å². The van der Waals surface area contributed by atoms with Crippen LogP contribution in [0.1, 0.15) is 17.4 Å². The van der Waals surface area contributed by atoms with Gasteiger partial charge in [-0.25, -0.2) is 9.37 Å². The van der Waals surface area contributed by atoms with Crippen LogP contribution in [-0.2, 0) is 13.6 Å². The number of hydrogen-bond acceptors (Lipinski definition) is 3. The molecule has 0 bridgehead atoms. The van der Waals surface area contributed by atoms with E-state index in [1.807, 2.05) is 17.8 Å². The van der Waals surface area contributed by atoms with Crippen LogP contribution in [0.5, 0.6) is 0 Å². The molecule has 3 rings (SSSR count). The number of aromatic nitrogens is 2. The van der Waals surface area contributed by atoms with Crippen LogP contribution in [-0.4, -0.2) is 34.1 Å². The maximum absolute atomic E-state index is 13.4. The molecule has 1 fully saturated rings. The number of imidazole rings is 1. The molecule has 23 heavy (non-hydrogen) atoms. The molecule has 1 atom stereocenters. The fourth-order valence-electron chi connectivity index (χ4n) is 2.80. The number of hydrogen-bond donors (Lipinski definition) is 1. The minimum atomic E-state index is -0.489. The summed E-state index contributed by atoms with van der Waals surface area (Å²) in [5.74, 6) is 0.507. The number of piperazine rings is 1. The van der Waals surface area contributed by atoms with Crippen LogP contribution < -0.4 is 5.32 Å². The zero-order chi connectivity index (χ0) is 15.7. The van der Waals surface area contributed by atoms with Gasteiger partial charge < -0.3 is 9.88 Å². The van der Waals surface area contributed by atoms with Gasteiger partial charge in [0.15, 0.2) is 0 Å². The van der Waals surface area contributed by atoms with Crippen molar-refractivity contribution in [3.8, 4) is 0 Å². The van der Waals surface area contributed by atoms with Gasteiger partial charge in [-0.15, -0.1) is 12.4 Å². The second kappa shape index (κ2) is 7.81. The molecule has 1 aliphatic heterocycles. The van der Waals surface area contributed by atoms with Gasteiger partial charge in [-0.3, -0.25) is 4.90 Å². The third-order valence-corrected chi connectivity index (χ3v) is 4.90. The van der Waals surface area contributed by atoms with Crippen LogP contribution in [0.3, 0.4) is 0 Å². The minimum absolute atomic E-state index is 0. The number of benzene rings is 1. The molecule has 1 N–H and O–H groups in total. The van der Waals surface area contributed by atoms with Crippen LogP contribution in [0.2, 0.25) is 10.0 Å². The average molecular weight is 380 g/mol. The van der Waals surface area contributed by atoms with E-state index in [0.717, 1.165) is 31.0 Å². The van der Waals surface area contributed by atoms with Crippen molar-refractivity contribution in [2.45, 2.75) is 12.6 Å². The Kier molecular flexibility index (Phi) is 6.28. The van der Waals surface area contributed by atoms with E-state index in [9.17, 15) is 4.39 Å². The monoisotopic (exact) mass is 378 g/mol. The summed E-state index contributed by atoms with van der Waals surface area (Å²) in [4.78, 5) is 6.73. The molecule has 1 unspecified atom stereocenters. The number of nitrogens with zero attached hydrogens (tertiary/aromatic N) is 3. The average Bonchev–Trinajstić information content (AvgIpc) is 2.94. The van der Waals surface area contributed by atoms with Gasteiger partial charge in [0, 0.05) is 45.6 Å². The Morgan fingerprint density at radius 2 is 2.13 bits per heavy atom. The molecule has 2 aromatic rings. The fourth-order valence-corrected chi connectivity index (χ4v) is 3.19. The first-order valence-corrected chi connectivity index (χ1v) is 7.88. The van der Waals surface area contributed by atoms with Gasteiger partial charge in [0.1, 0.15) is 11.6 Å². The highest BCUT2D eigenvalue weighted by Gasteiger charge is 2.27. The molecule has 0 amide bonds. The van der Waals surface area contributed by atoms with Crippen molar-refractivity contribution >= 4 is 35.6 Å². The lowest BCUT2D eigenvalue weighted by Crippen LogP contribution is -2.46. The predicted molar refractivity (Wildman–Crippen MR) is 92.9 cm³/mol.